The molecular weight excluding hydrogens is 329 g/mol. The van der Waals surface area contributed by atoms with Gasteiger partial charge in [-0.25, -0.2) is 0 Å². The second-order valence-corrected chi connectivity index (χ2v) is 5.98. The maximum Gasteiger partial charge on any atom is 0.416 e. The van der Waals surface area contributed by atoms with Crippen LogP contribution in [-0.2, 0) is 15.8 Å². The molecule has 0 bridgehead atoms. The number of hydrogen-bond donors (Lipinski definition) is 4. The van der Waals surface area contributed by atoms with E-state index in [1.807, 2.05) is 0 Å². The number of halogens is 3. The summed E-state index contributed by atoms with van der Waals surface area (Å²) in [5.41, 5.74) is -0.620. The standard InChI is InChI=1S/C12H13F3O4S2/c13-12(14,15)7-3-1-6(2-4-7)11(21-20)10(18)9(17)8(16)5-19-11/h1-4,8-10,16-18,20H,5H2/t8-,9+,10-,11+/m1/s1. The van der Waals surface area contributed by atoms with Crippen molar-refractivity contribution in [3.63, 3.8) is 0 Å². The third-order valence-corrected chi connectivity index (χ3v) is 5.01. The van der Waals surface area contributed by atoms with Crippen molar-refractivity contribution in [1.29, 1.82) is 0 Å². The molecule has 4 atom stereocenters. The van der Waals surface area contributed by atoms with Gasteiger partial charge in [0.05, 0.1) is 12.2 Å². The summed E-state index contributed by atoms with van der Waals surface area (Å²) in [4.78, 5) is -1.55. The van der Waals surface area contributed by atoms with E-state index in [0.717, 1.165) is 35.1 Å². The van der Waals surface area contributed by atoms with Crippen LogP contribution in [0.1, 0.15) is 11.1 Å². The molecule has 0 unspecified atom stereocenters. The molecule has 1 saturated heterocycles. The molecule has 1 aliphatic rings. The van der Waals surface area contributed by atoms with Crippen molar-refractivity contribution in [2.45, 2.75) is 29.4 Å². The molecule has 4 nitrogen and oxygen atoms in total. The highest BCUT2D eigenvalue weighted by atomic mass is 33.1. The fourth-order valence-electron chi connectivity index (χ4n) is 2.11. The van der Waals surface area contributed by atoms with Gasteiger partial charge in [0, 0.05) is 0 Å². The Bertz CT molecular complexity index is 496. The molecule has 9 heteroatoms. The van der Waals surface area contributed by atoms with Gasteiger partial charge in [0.1, 0.15) is 18.3 Å². The number of hydrogen-bond acceptors (Lipinski definition) is 6. The van der Waals surface area contributed by atoms with Crippen LogP contribution in [0, 0.1) is 0 Å². The van der Waals surface area contributed by atoms with Crippen molar-refractivity contribution >= 4 is 22.5 Å². The molecule has 1 fully saturated rings. The van der Waals surface area contributed by atoms with Crippen LogP contribution in [-0.4, -0.2) is 40.2 Å². The Kier molecular flexibility index (Phi) is 4.81. The van der Waals surface area contributed by atoms with Gasteiger partial charge in [-0.05, 0) is 17.7 Å². The number of aliphatic hydroxyl groups is 3. The Morgan fingerprint density at radius 1 is 1.19 bits per heavy atom. The molecule has 1 aromatic carbocycles. The monoisotopic (exact) mass is 342 g/mol. The summed E-state index contributed by atoms with van der Waals surface area (Å²) >= 11 is 3.99. The third-order valence-electron chi connectivity index (χ3n) is 3.33. The van der Waals surface area contributed by atoms with Gasteiger partial charge in [0.2, 0.25) is 0 Å². The number of thiol groups is 1. The van der Waals surface area contributed by atoms with Gasteiger partial charge in [-0.3, -0.25) is 0 Å². The van der Waals surface area contributed by atoms with E-state index in [4.69, 9.17) is 4.74 Å². The van der Waals surface area contributed by atoms with Crippen LogP contribution in [0.15, 0.2) is 24.3 Å². The first-order valence-corrected chi connectivity index (χ1v) is 7.77. The van der Waals surface area contributed by atoms with Crippen LogP contribution in [0.4, 0.5) is 13.2 Å². The lowest BCUT2D eigenvalue weighted by Gasteiger charge is -2.44. The van der Waals surface area contributed by atoms with E-state index in [2.05, 4.69) is 11.7 Å². The highest BCUT2D eigenvalue weighted by Crippen LogP contribution is 2.47. The lowest BCUT2D eigenvalue weighted by Crippen LogP contribution is -2.57. The smallest absolute Gasteiger partial charge is 0.388 e. The number of benzene rings is 1. The molecule has 0 aromatic heterocycles. The van der Waals surface area contributed by atoms with E-state index in [1.165, 1.54) is 0 Å². The summed E-state index contributed by atoms with van der Waals surface area (Å²) < 4.78 is 43.0. The third kappa shape index (κ3) is 3.03. The van der Waals surface area contributed by atoms with Gasteiger partial charge in [-0.1, -0.05) is 22.9 Å². The summed E-state index contributed by atoms with van der Waals surface area (Å²) in [5.74, 6) is 0. The SMILES string of the molecule is O[C@H]1[C@H](O)CO[C@](SS)(c2ccc(C(F)(F)F)cc2)[C@@H]1O. The van der Waals surface area contributed by atoms with Crippen molar-refractivity contribution in [2.24, 2.45) is 0 Å². The van der Waals surface area contributed by atoms with Gasteiger partial charge >= 0.3 is 6.18 Å². The van der Waals surface area contributed by atoms with Crippen molar-refractivity contribution in [3.8, 4) is 0 Å². The van der Waals surface area contributed by atoms with E-state index >= 15 is 0 Å². The quantitative estimate of drug-likeness (QED) is 0.485. The Morgan fingerprint density at radius 3 is 2.24 bits per heavy atom. The van der Waals surface area contributed by atoms with Crippen LogP contribution in [0.25, 0.3) is 0 Å². The van der Waals surface area contributed by atoms with E-state index in [0.29, 0.717) is 0 Å². The normalized spacial score (nSPS) is 34.0. The minimum Gasteiger partial charge on any atom is -0.388 e. The number of aliphatic hydroxyl groups excluding tert-OH is 3. The molecule has 0 radical (unpaired) electrons. The van der Waals surface area contributed by atoms with Crippen molar-refractivity contribution in [3.05, 3.63) is 35.4 Å². The van der Waals surface area contributed by atoms with Crippen LogP contribution in [0.2, 0.25) is 0 Å². The van der Waals surface area contributed by atoms with Crippen molar-refractivity contribution in [1.82, 2.24) is 0 Å². The lowest BCUT2D eigenvalue weighted by molar-refractivity contribution is -0.204. The predicted octanol–water partition coefficient (Wildman–Crippen LogP) is 1.55. The fraction of sp³-hybridized carbons (Fsp3) is 0.500. The molecule has 1 heterocycles. The maximum atomic E-state index is 12.6. The zero-order valence-corrected chi connectivity index (χ0v) is 12.2. The van der Waals surface area contributed by atoms with Crippen LogP contribution >= 0.6 is 22.5 Å². The molecule has 1 aliphatic heterocycles. The average Bonchev–Trinajstić information content (AvgIpc) is 2.45. The Labute approximate surface area is 127 Å². The van der Waals surface area contributed by atoms with Gasteiger partial charge in [-0.15, -0.1) is 11.7 Å². The predicted molar refractivity (Wildman–Crippen MR) is 73.7 cm³/mol. The highest BCUT2D eigenvalue weighted by Gasteiger charge is 2.51. The summed E-state index contributed by atoms with van der Waals surface area (Å²) in [6, 6.07) is 4.02. The summed E-state index contributed by atoms with van der Waals surface area (Å²) in [7, 11) is 0.743. The van der Waals surface area contributed by atoms with Crippen molar-refractivity contribution in [2.75, 3.05) is 6.61 Å². The molecule has 1 aromatic rings. The first-order chi connectivity index (χ1) is 9.72. The Hall–Kier alpha value is -0.450. The van der Waals surface area contributed by atoms with E-state index in [1.54, 1.807) is 0 Å². The molecule has 118 valence electrons. The first kappa shape index (κ1) is 16.9. The average molecular weight is 342 g/mol. The topological polar surface area (TPSA) is 69.9 Å². The van der Waals surface area contributed by atoms with E-state index < -0.39 is 35.0 Å². The number of ether oxygens (including phenoxy) is 1. The van der Waals surface area contributed by atoms with Gasteiger partial charge < -0.3 is 20.1 Å². The lowest BCUT2D eigenvalue weighted by atomic mass is 9.93. The largest absolute Gasteiger partial charge is 0.416 e. The summed E-state index contributed by atoms with van der Waals surface area (Å²) in [5, 5.41) is 29.3. The van der Waals surface area contributed by atoms with E-state index in [9.17, 15) is 28.5 Å². The number of alkyl halides is 3. The molecule has 3 N–H and O–H groups in total. The zero-order valence-electron chi connectivity index (χ0n) is 10.5. The minimum absolute atomic E-state index is 0.217. The molecule has 0 saturated carbocycles. The second kappa shape index (κ2) is 5.98. The fourth-order valence-corrected chi connectivity index (χ4v) is 3.52. The Balaban J connectivity index is 2.37. The van der Waals surface area contributed by atoms with Gasteiger partial charge in [-0.2, -0.15) is 13.2 Å². The summed E-state index contributed by atoms with van der Waals surface area (Å²) in [6.07, 6.45) is -8.77. The van der Waals surface area contributed by atoms with Gasteiger partial charge in [0.15, 0.2) is 4.93 Å². The Morgan fingerprint density at radius 2 is 1.76 bits per heavy atom. The number of rotatable bonds is 2. The van der Waals surface area contributed by atoms with Gasteiger partial charge in [0.25, 0.3) is 0 Å². The summed E-state index contributed by atoms with van der Waals surface area (Å²) in [6.45, 7) is -0.271. The zero-order chi connectivity index (χ0) is 15.8. The molecule has 0 amide bonds. The molecular formula is C12H13F3O4S2. The first-order valence-electron chi connectivity index (χ1n) is 5.91. The molecule has 21 heavy (non-hydrogen) atoms. The molecule has 0 spiro atoms. The van der Waals surface area contributed by atoms with Crippen molar-refractivity contribution < 1.29 is 33.2 Å². The van der Waals surface area contributed by atoms with E-state index in [-0.39, 0.29) is 12.2 Å². The second-order valence-electron chi connectivity index (χ2n) is 4.65. The van der Waals surface area contributed by atoms with Crippen LogP contribution in [0.3, 0.4) is 0 Å². The maximum absolute atomic E-state index is 12.6. The molecule has 0 aliphatic carbocycles. The highest BCUT2D eigenvalue weighted by molar-refractivity contribution is 8.68. The van der Waals surface area contributed by atoms with Crippen LogP contribution < -0.4 is 0 Å². The van der Waals surface area contributed by atoms with Crippen LogP contribution in [0.5, 0.6) is 0 Å². The molecule has 2 rings (SSSR count). The minimum atomic E-state index is -4.47.